The monoisotopic (exact) mass is 284 g/mol. The molecule has 2 aliphatic rings. The van der Waals surface area contributed by atoms with Gasteiger partial charge in [0.15, 0.2) is 5.50 Å². The first-order chi connectivity index (χ1) is 9.86. The third-order valence-corrected chi connectivity index (χ3v) is 5.27. The first kappa shape index (κ1) is 12.1. The molecule has 3 nitrogen and oxygen atoms in total. The lowest BCUT2D eigenvalue weighted by molar-refractivity contribution is 0.282. The molecule has 0 amide bonds. The molecule has 102 valence electrons. The van der Waals surface area contributed by atoms with Crippen molar-refractivity contribution in [3.63, 3.8) is 0 Å². The van der Waals surface area contributed by atoms with Gasteiger partial charge in [0.25, 0.3) is 0 Å². The zero-order valence-corrected chi connectivity index (χ0v) is 11.9. The third-order valence-electron chi connectivity index (χ3n) is 3.95. The van der Waals surface area contributed by atoms with Gasteiger partial charge in [-0.25, -0.2) is 0 Å². The second-order valence-corrected chi connectivity index (χ2v) is 6.22. The fraction of sp³-hybridized carbons (Fsp3) is 0.250. The highest BCUT2D eigenvalue weighted by Crippen LogP contribution is 2.48. The van der Waals surface area contributed by atoms with E-state index in [1.165, 1.54) is 16.3 Å². The summed E-state index contributed by atoms with van der Waals surface area (Å²) in [4.78, 5) is 6.20. The summed E-state index contributed by atoms with van der Waals surface area (Å²) < 4.78 is 0. The lowest BCUT2D eigenvalue weighted by Crippen LogP contribution is -2.32. The van der Waals surface area contributed by atoms with Gasteiger partial charge in [0, 0.05) is 23.7 Å². The molecule has 4 heteroatoms. The van der Waals surface area contributed by atoms with Crippen molar-refractivity contribution in [3.05, 3.63) is 54.1 Å². The Morgan fingerprint density at radius 1 is 1.05 bits per heavy atom. The number of aliphatic hydroxyl groups excluding tert-OH is 1. The van der Waals surface area contributed by atoms with Gasteiger partial charge in [0.1, 0.15) is 0 Å². The van der Waals surface area contributed by atoms with Crippen LogP contribution in [0, 0.1) is 0 Å². The van der Waals surface area contributed by atoms with Crippen LogP contribution in [0.4, 0.5) is 11.4 Å². The maximum atomic E-state index is 9.30. The van der Waals surface area contributed by atoms with E-state index >= 15 is 0 Å². The van der Waals surface area contributed by atoms with Crippen molar-refractivity contribution in [1.82, 2.24) is 0 Å². The van der Waals surface area contributed by atoms with Gasteiger partial charge in [-0.05, 0) is 29.8 Å². The summed E-state index contributed by atoms with van der Waals surface area (Å²) in [5.41, 5.74) is 3.89. The molecule has 2 heterocycles. The predicted molar refractivity (Wildman–Crippen MR) is 83.1 cm³/mol. The lowest BCUT2D eigenvalue weighted by atomic mass is 10.2. The predicted octanol–water partition coefficient (Wildman–Crippen LogP) is 2.89. The molecule has 2 aromatic carbocycles. The Morgan fingerprint density at radius 2 is 1.85 bits per heavy atom. The van der Waals surface area contributed by atoms with E-state index in [4.69, 9.17) is 0 Å². The summed E-state index contributed by atoms with van der Waals surface area (Å²) in [6.45, 7) is 2.19. The smallest absolute Gasteiger partial charge is 0.155 e. The van der Waals surface area contributed by atoms with E-state index in [0.717, 1.165) is 18.7 Å². The number of thioether (sulfide) groups is 1. The fourth-order valence-corrected chi connectivity index (χ4v) is 4.32. The number of anilines is 2. The molecule has 0 aliphatic carbocycles. The molecule has 1 unspecified atom stereocenters. The summed E-state index contributed by atoms with van der Waals surface area (Å²) in [5.74, 6) is 0. The second-order valence-electron chi connectivity index (χ2n) is 5.13. The molecule has 1 saturated heterocycles. The van der Waals surface area contributed by atoms with E-state index in [0.29, 0.717) is 5.50 Å². The van der Waals surface area contributed by atoms with Crippen LogP contribution >= 0.6 is 11.8 Å². The number of fused-ring (bicyclic) bond motifs is 3. The Morgan fingerprint density at radius 3 is 2.65 bits per heavy atom. The average molecular weight is 284 g/mol. The van der Waals surface area contributed by atoms with Crippen molar-refractivity contribution in [1.29, 1.82) is 0 Å². The second kappa shape index (κ2) is 4.72. The molecule has 1 N–H and O–H groups in total. The fourth-order valence-electron chi connectivity index (χ4n) is 2.95. The zero-order valence-electron chi connectivity index (χ0n) is 11.1. The zero-order chi connectivity index (χ0) is 13.5. The highest BCUT2D eigenvalue weighted by Gasteiger charge is 2.39. The topological polar surface area (TPSA) is 26.7 Å². The van der Waals surface area contributed by atoms with Crippen LogP contribution in [-0.4, -0.2) is 23.7 Å². The highest BCUT2D eigenvalue weighted by molar-refractivity contribution is 8.00. The molecule has 0 bridgehead atoms. The van der Waals surface area contributed by atoms with Crippen LogP contribution in [0.25, 0.3) is 0 Å². The van der Waals surface area contributed by atoms with Crippen LogP contribution in [0.3, 0.4) is 0 Å². The quantitative estimate of drug-likeness (QED) is 0.917. The van der Waals surface area contributed by atoms with E-state index in [9.17, 15) is 5.11 Å². The van der Waals surface area contributed by atoms with Gasteiger partial charge in [-0.3, -0.25) is 0 Å². The normalized spacial score (nSPS) is 20.1. The lowest BCUT2D eigenvalue weighted by Gasteiger charge is -2.26. The van der Waals surface area contributed by atoms with Crippen molar-refractivity contribution >= 4 is 23.1 Å². The van der Waals surface area contributed by atoms with Gasteiger partial charge in [-0.2, -0.15) is 0 Å². The van der Waals surface area contributed by atoms with Crippen molar-refractivity contribution in [2.75, 3.05) is 22.9 Å². The summed E-state index contributed by atoms with van der Waals surface area (Å²) in [5, 5.41) is 9.30. The molecule has 0 aromatic heterocycles. The summed E-state index contributed by atoms with van der Waals surface area (Å²) in [7, 11) is 0. The largest absolute Gasteiger partial charge is 0.392 e. The minimum Gasteiger partial charge on any atom is -0.392 e. The molecule has 0 radical (unpaired) electrons. The first-order valence-corrected chi connectivity index (χ1v) is 7.73. The van der Waals surface area contributed by atoms with Crippen molar-refractivity contribution in [3.8, 4) is 0 Å². The molecule has 0 saturated carbocycles. The van der Waals surface area contributed by atoms with Gasteiger partial charge in [-0.15, -0.1) is 0 Å². The molecule has 2 aromatic rings. The van der Waals surface area contributed by atoms with Gasteiger partial charge in [-0.1, -0.05) is 36.0 Å². The molecular weight excluding hydrogens is 268 g/mol. The van der Waals surface area contributed by atoms with Crippen LogP contribution in [0.1, 0.15) is 5.56 Å². The number of benzene rings is 2. The van der Waals surface area contributed by atoms with Crippen molar-refractivity contribution in [2.45, 2.75) is 17.0 Å². The first-order valence-electron chi connectivity index (χ1n) is 6.85. The maximum Gasteiger partial charge on any atom is 0.155 e. The summed E-state index contributed by atoms with van der Waals surface area (Å²) in [6, 6.07) is 16.9. The van der Waals surface area contributed by atoms with Crippen LogP contribution in [-0.2, 0) is 6.61 Å². The average Bonchev–Trinajstić information content (AvgIpc) is 3.06. The van der Waals surface area contributed by atoms with Crippen LogP contribution < -0.4 is 9.80 Å². The van der Waals surface area contributed by atoms with E-state index in [2.05, 4.69) is 52.3 Å². The Bertz CT molecular complexity index is 632. The van der Waals surface area contributed by atoms with Gasteiger partial charge in [0.05, 0.1) is 12.3 Å². The minimum atomic E-state index is 0.110. The SMILES string of the molecule is OCc1ccc2c(c1)N1CCN(c3ccccc3)C1S2. The van der Waals surface area contributed by atoms with Crippen molar-refractivity contribution < 1.29 is 5.11 Å². The standard InChI is InChI=1S/C16H16N2OS/c19-11-12-6-7-15-14(10-12)18-9-8-17(16(18)20-15)13-4-2-1-3-5-13/h1-7,10,16,19H,8-9,11H2. The number of hydrogen-bond acceptors (Lipinski definition) is 4. The summed E-state index contributed by atoms with van der Waals surface area (Å²) >= 11 is 1.90. The number of rotatable bonds is 2. The number of nitrogens with zero attached hydrogens (tertiary/aromatic N) is 2. The molecule has 20 heavy (non-hydrogen) atoms. The van der Waals surface area contributed by atoms with Gasteiger partial charge in [0.2, 0.25) is 0 Å². The molecule has 1 fully saturated rings. The van der Waals surface area contributed by atoms with E-state index in [1.54, 1.807) is 0 Å². The third kappa shape index (κ3) is 1.79. The Labute approximate surface area is 122 Å². The summed E-state index contributed by atoms with van der Waals surface area (Å²) in [6.07, 6.45) is 0. The number of para-hydroxylation sites is 1. The number of aliphatic hydroxyl groups is 1. The van der Waals surface area contributed by atoms with E-state index in [-0.39, 0.29) is 6.61 Å². The maximum absolute atomic E-state index is 9.30. The van der Waals surface area contributed by atoms with Crippen LogP contribution in [0.2, 0.25) is 0 Å². The van der Waals surface area contributed by atoms with Crippen molar-refractivity contribution in [2.24, 2.45) is 0 Å². The Balaban J connectivity index is 1.67. The van der Waals surface area contributed by atoms with E-state index in [1.807, 2.05) is 17.8 Å². The Kier molecular flexibility index (Phi) is 2.86. The minimum absolute atomic E-state index is 0.110. The highest BCUT2D eigenvalue weighted by atomic mass is 32.2. The molecule has 1 atom stereocenters. The van der Waals surface area contributed by atoms with Gasteiger partial charge < -0.3 is 14.9 Å². The van der Waals surface area contributed by atoms with Gasteiger partial charge >= 0.3 is 0 Å². The molecular formula is C16H16N2OS. The van der Waals surface area contributed by atoms with Crippen LogP contribution in [0.5, 0.6) is 0 Å². The molecule has 4 rings (SSSR count). The number of hydrogen-bond donors (Lipinski definition) is 1. The molecule has 2 aliphatic heterocycles. The van der Waals surface area contributed by atoms with E-state index < -0.39 is 0 Å². The Hall–Kier alpha value is -1.65. The molecule has 0 spiro atoms. The van der Waals surface area contributed by atoms with Crippen LogP contribution in [0.15, 0.2) is 53.4 Å².